The van der Waals surface area contributed by atoms with Crippen LogP contribution < -0.4 is 10.1 Å². The third-order valence-electron chi connectivity index (χ3n) is 3.83. The van der Waals surface area contributed by atoms with E-state index in [-0.39, 0.29) is 12.2 Å². The summed E-state index contributed by atoms with van der Waals surface area (Å²) in [6.45, 7) is 3.85. The topological polar surface area (TPSA) is 85.9 Å². The average Bonchev–Trinajstić information content (AvgIpc) is 2.62. The van der Waals surface area contributed by atoms with Crippen LogP contribution in [0.5, 0.6) is 5.75 Å². The smallest absolute Gasteiger partial charge is 0.266 e. The highest BCUT2D eigenvalue weighted by Gasteiger charge is 2.13. The molecule has 0 aliphatic heterocycles. The normalized spacial score (nSPS) is 10.7. The minimum Gasteiger partial charge on any atom is -0.477 e. The van der Waals surface area contributed by atoms with Gasteiger partial charge in [-0.05, 0) is 100.0 Å². The quantitative estimate of drug-likeness (QED) is 0.307. The summed E-state index contributed by atoms with van der Waals surface area (Å²) < 4.78 is 7.01. The molecule has 0 radical (unpaired) electrons. The van der Waals surface area contributed by atoms with Gasteiger partial charge in [0.05, 0.1) is 7.14 Å². The van der Waals surface area contributed by atoms with Crippen LogP contribution in [0.15, 0.2) is 35.9 Å². The van der Waals surface area contributed by atoms with Gasteiger partial charge >= 0.3 is 0 Å². The molecule has 0 saturated carbocycles. The Morgan fingerprint density at radius 3 is 2.48 bits per heavy atom. The maximum absolute atomic E-state index is 12.5. The molecule has 1 N–H and O–H groups in total. The van der Waals surface area contributed by atoms with Crippen molar-refractivity contribution in [3.63, 3.8) is 0 Å². The van der Waals surface area contributed by atoms with Gasteiger partial charge in [0.2, 0.25) is 0 Å². The number of carbonyl (C=O) groups is 1. The fraction of sp³-hybridized carbons (Fsp3) is 0.150. The van der Waals surface area contributed by atoms with Gasteiger partial charge in [0.15, 0.2) is 6.61 Å². The zero-order chi connectivity index (χ0) is 20.0. The summed E-state index contributed by atoms with van der Waals surface area (Å²) >= 11 is 4.20. The number of anilines is 1. The zero-order valence-electron chi connectivity index (χ0n) is 14.6. The number of hydrogen-bond acceptors (Lipinski definition) is 4. The Morgan fingerprint density at radius 2 is 1.89 bits per heavy atom. The standard InChI is InChI=1S/C20H15I2N3O2/c1-12-4-3-5-18(13(12)2)25-20(26)15(11-24)8-14-9-16(21)19(17(22)10-14)27-7-6-23/h3-5,8-10H,7H2,1-2H3,(H,25,26)/b15-8+. The molecule has 5 nitrogen and oxygen atoms in total. The molecular weight excluding hydrogens is 568 g/mol. The van der Waals surface area contributed by atoms with E-state index in [4.69, 9.17) is 10.00 Å². The maximum atomic E-state index is 12.5. The molecule has 0 bridgehead atoms. The van der Waals surface area contributed by atoms with Crippen LogP contribution in [-0.2, 0) is 4.79 Å². The lowest BCUT2D eigenvalue weighted by Crippen LogP contribution is -2.14. The second-order valence-corrected chi connectivity index (χ2v) is 7.96. The van der Waals surface area contributed by atoms with E-state index in [0.29, 0.717) is 17.0 Å². The van der Waals surface area contributed by atoms with Crippen molar-refractivity contribution in [2.45, 2.75) is 13.8 Å². The van der Waals surface area contributed by atoms with E-state index in [1.807, 2.05) is 44.2 Å². The summed E-state index contributed by atoms with van der Waals surface area (Å²) in [5.41, 5.74) is 3.43. The highest BCUT2D eigenvalue weighted by molar-refractivity contribution is 14.1. The van der Waals surface area contributed by atoms with Crippen LogP contribution in [0.2, 0.25) is 0 Å². The summed E-state index contributed by atoms with van der Waals surface area (Å²) in [5, 5.41) is 20.9. The van der Waals surface area contributed by atoms with E-state index in [9.17, 15) is 10.1 Å². The summed E-state index contributed by atoms with van der Waals surface area (Å²) in [4.78, 5) is 12.5. The molecule has 0 aliphatic rings. The number of benzene rings is 2. The molecule has 0 fully saturated rings. The predicted octanol–water partition coefficient (Wildman–Crippen LogP) is 4.96. The molecular formula is C20H15I2N3O2. The number of ether oxygens (including phenoxy) is 1. The number of hydrogen-bond donors (Lipinski definition) is 1. The molecule has 0 heterocycles. The van der Waals surface area contributed by atoms with Crippen LogP contribution in [0.1, 0.15) is 16.7 Å². The number of nitrogens with one attached hydrogen (secondary N) is 1. The molecule has 2 rings (SSSR count). The monoisotopic (exact) mass is 583 g/mol. The van der Waals surface area contributed by atoms with Gasteiger partial charge in [0.25, 0.3) is 5.91 Å². The molecule has 2 aromatic rings. The summed E-state index contributed by atoms with van der Waals surface area (Å²) in [7, 11) is 0. The van der Waals surface area contributed by atoms with Crippen molar-refractivity contribution < 1.29 is 9.53 Å². The van der Waals surface area contributed by atoms with Gasteiger partial charge in [-0.3, -0.25) is 4.79 Å². The van der Waals surface area contributed by atoms with Crippen molar-refractivity contribution in [2.75, 3.05) is 11.9 Å². The molecule has 0 atom stereocenters. The average molecular weight is 583 g/mol. The van der Waals surface area contributed by atoms with Crippen molar-refractivity contribution in [1.82, 2.24) is 0 Å². The highest BCUT2D eigenvalue weighted by Crippen LogP contribution is 2.30. The molecule has 136 valence electrons. The number of carbonyl (C=O) groups excluding carboxylic acids is 1. The van der Waals surface area contributed by atoms with Crippen LogP contribution in [0.25, 0.3) is 6.08 Å². The lowest BCUT2D eigenvalue weighted by Gasteiger charge is -2.11. The van der Waals surface area contributed by atoms with Crippen molar-refractivity contribution in [3.8, 4) is 17.9 Å². The van der Waals surface area contributed by atoms with Crippen LogP contribution in [0.3, 0.4) is 0 Å². The van der Waals surface area contributed by atoms with Gasteiger partial charge in [0, 0.05) is 5.69 Å². The Kier molecular flexibility index (Phi) is 7.63. The van der Waals surface area contributed by atoms with Crippen LogP contribution in [0, 0.1) is 43.7 Å². The van der Waals surface area contributed by atoms with Crippen LogP contribution in [-0.4, -0.2) is 12.5 Å². The third-order valence-corrected chi connectivity index (χ3v) is 5.43. The SMILES string of the molecule is Cc1cccc(NC(=O)/C(C#N)=C/c2cc(I)c(OCC#N)c(I)c2)c1C. The van der Waals surface area contributed by atoms with Crippen molar-refractivity contribution in [3.05, 3.63) is 59.7 Å². The Labute approximate surface area is 185 Å². The maximum Gasteiger partial charge on any atom is 0.266 e. The minimum atomic E-state index is -0.457. The molecule has 0 spiro atoms. The molecule has 0 unspecified atom stereocenters. The van der Waals surface area contributed by atoms with E-state index in [2.05, 4.69) is 50.5 Å². The Bertz CT molecular complexity index is 978. The molecule has 7 heteroatoms. The van der Waals surface area contributed by atoms with Gasteiger partial charge in [-0.2, -0.15) is 10.5 Å². The lowest BCUT2D eigenvalue weighted by atomic mass is 10.1. The first-order chi connectivity index (χ1) is 12.9. The third kappa shape index (κ3) is 5.44. The second kappa shape index (κ2) is 9.72. The van der Waals surface area contributed by atoms with E-state index < -0.39 is 5.91 Å². The Hall–Kier alpha value is -2.11. The highest BCUT2D eigenvalue weighted by atomic mass is 127. The summed E-state index contributed by atoms with van der Waals surface area (Å²) in [5.74, 6) is 0.161. The first-order valence-corrected chi connectivity index (χ1v) is 10.0. The summed E-state index contributed by atoms with van der Waals surface area (Å²) in [6, 6.07) is 13.1. The van der Waals surface area contributed by atoms with Crippen molar-refractivity contribution in [1.29, 1.82) is 10.5 Å². The predicted molar refractivity (Wildman–Crippen MR) is 121 cm³/mol. The number of aryl methyl sites for hydroxylation is 1. The van der Waals surface area contributed by atoms with Gasteiger partial charge in [-0.25, -0.2) is 0 Å². The van der Waals surface area contributed by atoms with Crippen molar-refractivity contribution >= 4 is 62.9 Å². The number of amides is 1. The Morgan fingerprint density at radius 1 is 1.22 bits per heavy atom. The first-order valence-electron chi connectivity index (χ1n) is 7.85. The lowest BCUT2D eigenvalue weighted by molar-refractivity contribution is -0.112. The first kappa shape index (κ1) is 21.2. The number of halogens is 2. The molecule has 0 saturated heterocycles. The summed E-state index contributed by atoms with van der Waals surface area (Å²) in [6.07, 6.45) is 1.54. The number of rotatable bonds is 5. The van der Waals surface area contributed by atoms with Gasteiger partial charge in [-0.15, -0.1) is 0 Å². The molecule has 1 amide bonds. The number of nitrogens with zero attached hydrogens (tertiary/aromatic N) is 2. The fourth-order valence-corrected chi connectivity index (χ4v) is 4.42. The molecule has 2 aromatic carbocycles. The zero-order valence-corrected chi connectivity index (χ0v) is 19.0. The van der Waals surface area contributed by atoms with E-state index >= 15 is 0 Å². The van der Waals surface area contributed by atoms with E-state index in [1.54, 1.807) is 18.2 Å². The largest absolute Gasteiger partial charge is 0.477 e. The second-order valence-electron chi connectivity index (χ2n) is 5.63. The molecule has 0 aromatic heterocycles. The molecule has 27 heavy (non-hydrogen) atoms. The molecule has 0 aliphatic carbocycles. The van der Waals surface area contributed by atoms with Gasteiger partial charge < -0.3 is 10.1 Å². The van der Waals surface area contributed by atoms with E-state index in [0.717, 1.165) is 18.3 Å². The van der Waals surface area contributed by atoms with Gasteiger partial charge in [0.1, 0.15) is 23.5 Å². The Balaban J connectivity index is 2.30. The minimum absolute atomic E-state index is 0.00759. The van der Waals surface area contributed by atoms with E-state index in [1.165, 1.54) is 0 Å². The van der Waals surface area contributed by atoms with Crippen LogP contribution >= 0.6 is 45.2 Å². The van der Waals surface area contributed by atoms with Crippen LogP contribution in [0.4, 0.5) is 5.69 Å². The number of nitriles is 2. The van der Waals surface area contributed by atoms with Crippen molar-refractivity contribution in [2.24, 2.45) is 0 Å². The fourth-order valence-electron chi connectivity index (χ4n) is 2.30. The van der Waals surface area contributed by atoms with Gasteiger partial charge in [-0.1, -0.05) is 12.1 Å².